The molecule has 0 aromatic rings. The van der Waals surface area contributed by atoms with Crippen LogP contribution in [0.25, 0.3) is 0 Å². The molecule has 0 radical (unpaired) electrons. The van der Waals surface area contributed by atoms with Gasteiger partial charge in [0.1, 0.15) is 0 Å². The molecule has 0 aromatic heterocycles. The Morgan fingerprint density at radius 2 is 2.00 bits per heavy atom. The van der Waals surface area contributed by atoms with E-state index >= 15 is 0 Å². The maximum absolute atomic E-state index is 5.53. The molecule has 3 fully saturated rings. The summed E-state index contributed by atoms with van der Waals surface area (Å²) in [4.78, 5) is 12.1. The fourth-order valence-electron chi connectivity index (χ4n) is 5.17. The first-order chi connectivity index (χ1) is 13.0. The van der Waals surface area contributed by atoms with Gasteiger partial charge < -0.3 is 19.9 Å². The van der Waals surface area contributed by atoms with Crippen molar-refractivity contribution in [1.82, 2.24) is 20.0 Å². The van der Waals surface area contributed by atoms with Crippen LogP contribution in [0.3, 0.4) is 0 Å². The molecule has 6 nitrogen and oxygen atoms in total. The third kappa shape index (κ3) is 5.36. The van der Waals surface area contributed by atoms with Crippen molar-refractivity contribution in [2.45, 2.75) is 44.6 Å². The predicted octanol–water partition coefficient (Wildman–Crippen LogP) is 1.73. The number of nitrogens with one attached hydrogen (secondary N) is 1. The van der Waals surface area contributed by atoms with Crippen molar-refractivity contribution >= 4 is 5.96 Å². The number of hydrogen-bond donors (Lipinski definition) is 1. The molecule has 3 rings (SSSR count). The third-order valence-corrected chi connectivity index (χ3v) is 7.02. The van der Waals surface area contributed by atoms with Gasteiger partial charge in [-0.3, -0.25) is 9.89 Å². The Balaban J connectivity index is 1.49. The first kappa shape index (κ1) is 20.9. The van der Waals surface area contributed by atoms with Crippen molar-refractivity contribution < 1.29 is 4.74 Å². The number of likely N-dealkylation sites (N-methyl/N-ethyl adjacent to an activating group) is 1. The van der Waals surface area contributed by atoms with E-state index in [1.165, 1.54) is 38.6 Å². The van der Waals surface area contributed by atoms with E-state index < -0.39 is 0 Å². The summed E-state index contributed by atoms with van der Waals surface area (Å²) in [5.41, 5.74) is 0.262. The quantitative estimate of drug-likeness (QED) is 0.582. The lowest BCUT2D eigenvalue weighted by Gasteiger charge is -2.46. The van der Waals surface area contributed by atoms with Gasteiger partial charge in [-0.2, -0.15) is 0 Å². The van der Waals surface area contributed by atoms with Crippen LogP contribution in [0.15, 0.2) is 4.99 Å². The molecule has 2 heterocycles. The molecular formula is C21H41N5O. The highest BCUT2D eigenvalue weighted by Crippen LogP contribution is 2.35. The van der Waals surface area contributed by atoms with Crippen LogP contribution in [0.4, 0.5) is 0 Å². The number of hydrogen-bond acceptors (Lipinski definition) is 4. The van der Waals surface area contributed by atoms with Gasteiger partial charge >= 0.3 is 0 Å². The summed E-state index contributed by atoms with van der Waals surface area (Å²) in [6.45, 7) is 10.9. The van der Waals surface area contributed by atoms with E-state index in [9.17, 15) is 0 Å². The van der Waals surface area contributed by atoms with Gasteiger partial charge in [-0.05, 0) is 45.2 Å². The summed E-state index contributed by atoms with van der Waals surface area (Å²) in [6.07, 6.45) is 6.50. The highest BCUT2D eigenvalue weighted by atomic mass is 16.5. The van der Waals surface area contributed by atoms with Crippen LogP contribution in [0.1, 0.15) is 39.0 Å². The molecule has 0 bridgehead atoms. The topological polar surface area (TPSA) is 43.3 Å². The van der Waals surface area contributed by atoms with Crippen molar-refractivity contribution in [3.05, 3.63) is 0 Å². The van der Waals surface area contributed by atoms with Gasteiger partial charge in [-0.1, -0.05) is 19.8 Å². The molecule has 3 atom stereocenters. The van der Waals surface area contributed by atoms with Crippen LogP contribution >= 0.6 is 0 Å². The second-order valence-electron chi connectivity index (χ2n) is 9.24. The Morgan fingerprint density at radius 3 is 2.59 bits per heavy atom. The molecule has 0 spiro atoms. The lowest BCUT2D eigenvalue weighted by molar-refractivity contribution is 0.0781. The van der Waals surface area contributed by atoms with Crippen molar-refractivity contribution in [2.75, 3.05) is 73.6 Å². The summed E-state index contributed by atoms with van der Waals surface area (Å²) in [5.74, 6) is 2.63. The average molecular weight is 380 g/mol. The molecule has 3 unspecified atom stereocenters. The van der Waals surface area contributed by atoms with E-state index in [1.54, 1.807) is 0 Å². The molecule has 1 N–H and O–H groups in total. The zero-order valence-corrected chi connectivity index (χ0v) is 18.0. The minimum Gasteiger partial charge on any atom is -0.381 e. The molecule has 2 aliphatic heterocycles. The van der Waals surface area contributed by atoms with Crippen molar-refractivity contribution in [1.29, 1.82) is 0 Å². The Kier molecular flexibility index (Phi) is 7.40. The number of aliphatic imine (C=N–C) groups is 1. The molecule has 6 heteroatoms. The van der Waals surface area contributed by atoms with E-state index in [2.05, 4.69) is 46.0 Å². The van der Waals surface area contributed by atoms with Crippen molar-refractivity contribution in [3.8, 4) is 0 Å². The zero-order chi connectivity index (χ0) is 19.3. The van der Waals surface area contributed by atoms with Gasteiger partial charge in [0.15, 0.2) is 5.96 Å². The van der Waals surface area contributed by atoms with Crippen LogP contribution in [0.2, 0.25) is 0 Å². The highest BCUT2D eigenvalue weighted by molar-refractivity contribution is 5.80. The summed E-state index contributed by atoms with van der Waals surface area (Å²) < 4.78 is 5.53. The lowest BCUT2D eigenvalue weighted by Crippen LogP contribution is -2.59. The minimum atomic E-state index is 0.262. The van der Waals surface area contributed by atoms with Crippen molar-refractivity contribution in [2.24, 2.45) is 16.8 Å². The van der Waals surface area contributed by atoms with Gasteiger partial charge in [-0.15, -0.1) is 0 Å². The molecular weight excluding hydrogens is 338 g/mol. The predicted molar refractivity (Wildman–Crippen MR) is 112 cm³/mol. The second-order valence-corrected chi connectivity index (χ2v) is 9.24. The molecule has 1 aliphatic carbocycles. The van der Waals surface area contributed by atoms with Gasteiger partial charge in [0.25, 0.3) is 0 Å². The summed E-state index contributed by atoms with van der Waals surface area (Å²) in [7, 11) is 6.42. The Bertz CT molecular complexity index is 483. The first-order valence-electron chi connectivity index (χ1n) is 11.0. The summed E-state index contributed by atoms with van der Waals surface area (Å²) in [5, 5.41) is 3.74. The van der Waals surface area contributed by atoms with Gasteiger partial charge in [-0.25, -0.2) is 0 Å². The molecule has 0 amide bonds. The SMILES string of the molecule is CN=C(NCC1(N(C)C)CCCC(C)C1)N1CCN(CC2CCOC2)CC1. The molecule has 156 valence electrons. The minimum absolute atomic E-state index is 0.262. The van der Waals surface area contributed by atoms with E-state index in [-0.39, 0.29) is 5.54 Å². The monoisotopic (exact) mass is 379 g/mol. The molecule has 3 aliphatic rings. The Hall–Kier alpha value is -0.850. The van der Waals surface area contributed by atoms with Gasteiger partial charge in [0.05, 0.1) is 6.61 Å². The molecule has 2 saturated heterocycles. The Labute approximate surface area is 166 Å². The second kappa shape index (κ2) is 9.57. The van der Waals surface area contributed by atoms with Crippen LogP contribution < -0.4 is 5.32 Å². The van der Waals surface area contributed by atoms with Crippen LogP contribution in [-0.4, -0.2) is 99.8 Å². The third-order valence-electron chi connectivity index (χ3n) is 7.02. The Morgan fingerprint density at radius 1 is 1.22 bits per heavy atom. The molecule has 1 saturated carbocycles. The fourth-order valence-corrected chi connectivity index (χ4v) is 5.17. The van der Waals surface area contributed by atoms with Gasteiger partial charge in [0, 0.05) is 58.5 Å². The maximum atomic E-state index is 5.53. The van der Waals surface area contributed by atoms with E-state index in [0.717, 1.165) is 63.7 Å². The zero-order valence-electron chi connectivity index (χ0n) is 18.0. The van der Waals surface area contributed by atoms with E-state index in [0.29, 0.717) is 0 Å². The smallest absolute Gasteiger partial charge is 0.193 e. The van der Waals surface area contributed by atoms with Crippen LogP contribution in [0.5, 0.6) is 0 Å². The molecule has 0 aromatic carbocycles. The normalized spacial score (nSPS) is 33.7. The van der Waals surface area contributed by atoms with Crippen molar-refractivity contribution in [3.63, 3.8) is 0 Å². The standard InChI is InChI=1S/C21H41N5O/c1-18-6-5-8-21(14-18,24(3)4)17-23-20(22-2)26-11-9-25(10-12-26)15-19-7-13-27-16-19/h18-19H,5-17H2,1-4H3,(H,22,23). The lowest BCUT2D eigenvalue weighted by atomic mass is 9.75. The number of nitrogens with zero attached hydrogens (tertiary/aromatic N) is 4. The van der Waals surface area contributed by atoms with Gasteiger partial charge in [0.2, 0.25) is 0 Å². The van der Waals surface area contributed by atoms with E-state index in [1.807, 2.05) is 7.05 Å². The largest absolute Gasteiger partial charge is 0.381 e. The van der Waals surface area contributed by atoms with Crippen LogP contribution in [0, 0.1) is 11.8 Å². The fraction of sp³-hybridized carbons (Fsp3) is 0.952. The van der Waals surface area contributed by atoms with E-state index in [4.69, 9.17) is 4.74 Å². The summed E-state index contributed by atoms with van der Waals surface area (Å²) in [6, 6.07) is 0. The summed E-state index contributed by atoms with van der Waals surface area (Å²) >= 11 is 0. The molecule has 27 heavy (non-hydrogen) atoms. The number of piperazine rings is 1. The first-order valence-corrected chi connectivity index (χ1v) is 11.0. The average Bonchev–Trinajstić information content (AvgIpc) is 3.16. The van der Waals surface area contributed by atoms with Crippen LogP contribution in [-0.2, 0) is 4.74 Å². The number of guanidine groups is 1. The number of rotatable bonds is 5. The highest BCUT2D eigenvalue weighted by Gasteiger charge is 2.37. The maximum Gasteiger partial charge on any atom is 0.193 e. The number of ether oxygens (including phenoxy) is 1.